The monoisotopic (exact) mass is 507 g/mol. The van der Waals surface area contributed by atoms with Gasteiger partial charge in [0, 0.05) is 12.8 Å². The first-order valence-corrected chi connectivity index (χ1v) is 14.2. The molecule has 2 atom stereocenters. The number of unbranched alkanes of at least 4 members (excludes halogenated alkanes) is 11. The summed E-state index contributed by atoms with van der Waals surface area (Å²) in [6.45, 7) is 1.49. The van der Waals surface area contributed by atoms with Crippen molar-refractivity contribution in [1.29, 1.82) is 0 Å². The molecule has 0 aromatic heterocycles. The molecular weight excluding hydrogens is 461 g/mol. The molecular formula is C24H46NO8P. The van der Waals surface area contributed by atoms with Gasteiger partial charge in [0.05, 0.1) is 19.8 Å². The lowest BCUT2D eigenvalue weighted by molar-refractivity contribution is -0.144. The van der Waals surface area contributed by atoms with Gasteiger partial charge in [0.25, 0.3) is 0 Å². The Morgan fingerprint density at radius 1 is 0.853 bits per heavy atom. The Labute approximate surface area is 205 Å². The van der Waals surface area contributed by atoms with Gasteiger partial charge >= 0.3 is 19.8 Å². The molecule has 0 fully saturated rings. The maximum Gasteiger partial charge on any atom is 0.472 e. The van der Waals surface area contributed by atoms with E-state index in [-0.39, 0.29) is 25.6 Å². The lowest BCUT2D eigenvalue weighted by Crippen LogP contribution is -2.34. The van der Waals surface area contributed by atoms with Crippen LogP contribution in [0, 0.1) is 0 Å². The minimum atomic E-state index is -4.38. The number of allylic oxidation sites excluding steroid dienone is 2. The van der Waals surface area contributed by atoms with Crippen LogP contribution in [0.5, 0.6) is 0 Å². The SMILES string of the molecule is CCCCCCCC/C=C/CCCCCCCC(=O)OCCCOP(=O)(O)OC[C@@H](N)C(=O)O. The standard InChI is InChI=1S/C24H46NO8P/c1-2-3-4-5-6-7-8-9-10-11-12-13-14-15-16-18-23(26)31-19-17-20-32-34(29,30)33-21-22(25)24(27)28/h9-10,22H,2-8,11-21,25H2,1H3,(H,27,28)(H,29,30)/b10-9+/t22-/m1/s1. The first-order valence-electron chi connectivity index (χ1n) is 12.7. The summed E-state index contributed by atoms with van der Waals surface area (Å²) in [5, 5.41) is 8.59. The Bertz CT molecular complexity index is 600. The van der Waals surface area contributed by atoms with Crippen LogP contribution in [0.25, 0.3) is 0 Å². The van der Waals surface area contributed by atoms with Crippen molar-refractivity contribution in [3.63, 3.8) is 0 Å². The number of carboxylic acid groups (broad SMARTS) is 1. The Morgan fingerprint density at radius 2 is 1.41 bits per heavy atom. The molecule has 0 aromatic carbocycles. The van der Waals surface area contributed by atoms with Crippen LogP contribution in [0.15, 0.2) is 12.2 Å². The van der Waals surface area contributed by atoms with E-state index in [9.17, 15) is 19.0 Å². The minimum absolute atomic E-state index is 0.0680. The third-order valence-electron chi connectivity index (χ3n) is 5.18. The van der Waals surface area contributed by atoms with Crippen molar-refractivity contribution >= 4 is 19.8 Å². The van der Waals surface area contributed by atoms with Gasteiger partial charge in [-0.15, -0.1) is 0 Å². The van der Waals surface area contributed by atoms with Crippen LogP contribution >= 0.6 is 7.82 Å². The molecule has 0 spiro atoms. The fraction of sp³-hybridized carbons (Fsp3) is 0.833. The zero-order valence-corrected chi connectivity index (χ0v) is 21.7. The van der Waals surface area contributed by atoms with E-state index in [1.54, 1.807) is 0 Å². The zero-order chi connectivity index (χ0) is 25.5. The molecule has 0 radical (unpaired) electrons. The maximum absolute atomic E-state index is 11.7. The molecule has 0 bridgehead atoms. The predicted octanol–water partition coefficient (Wildman–Crippen LogP) is 5.50. The molecule has 0 rings (SSSR count). The number of carbonyl (C=O) groups is 2. The normalized spacial score (nSPS) is 14.2. The Morgan fingerprint density at radius 3 is 2.00 bits per heavy atom. The van der Waals surface area contributed by atoms with Gasteiger partial charge < -0.3 is 20.5 Å². The lowest BCUT2D eigenvalue weighted by Gasteiger charge is -2.13. The number of ether oxygens (including phenoxy) is 1. The first-order chi connectivity index (χ1) is 16.3. The number of hydrogen-bond acceptors (Lipinski definition) is 7. The number of phosphoric ester groups is 1. The van der Waals surface area contributed by atoms with E-state index < -0.39 is 26.4 Å². The highest BCUT2D eigenvalue weighted by Gasteiger charge is 2.24. The van der Waals surface area contributed by atoms with Crippen LogP contribution in [0.3, 0.4) is 0 Å². The van der Waals surface area contributed by atoms with Gasteiger partial charge in [-0.1, -0.05) is 70.4 Å². The number of carbonyl (C=O) groups excluding carboxylic acids is 1. The quantitative estimate of drug-likeness (QED) is 0.0667. The average Bonchev–Trinajstić information content (AvgIpc) is 2.79. The Hall–Kier alpha value is -1.25. The minimum Gasteiger partial charge on any atom is -0.480 e. The fourth-order valence-corrected chi connectivity index (χ4v) is 3.90. The van der Waals surface area contributed by atoms with Gasteiger partial charge in [-0.05, 0) is 32.1 Å². The van der Waals surface area contributed by atoms with Crippen molar-refractivity contribution in [2.75, 3.05) is 19.8 Å². The van der Waals surface area contributed by atoms with Gasteiger partial charge in [0.2, 0.25) is 0 Å². The summed E-state index contributed by atoms with van der Waals surface area (Å²) >= 11 is 0. The molecule has 0 saturated heterocycles. The summed E-state index contributed by atoms with van der Waals surface area (Å²) in [6, 6.07) is -1.42. The van der Waals surface area contributed by atoms with Crippen molar-refractivity contribution in [2.24, 2.45) is 5.73 Å². The molecule has 0 amide bonds. The number of esters is 1. The average molecular weight is 508 g/mol. The van der Waals surface area contributed by atoms with Gasteiger partial charge in [0.1, 0.15) is 6.04 Å². The first kappa shape index (κ1) is 32.8. The third-order valence-corrected chi connectivity index (χ3v) is 6.17. The van der Waals surface area contributed by atoms with Crippen LogP contribution in [0.4, 0.5) is 0 Å². The van der Waals surface area contributed by atoms with Crippen molar-refractivity contribution in [1.82, 2.24) is 0 Å². The highest BCUT2D eigenvalue weighted by atomic mass is 31.2. The molecule has 9 nitrogen and oxygen atoms in total. The lowest BCUT2D eigenvalue weighted by atomic mass is 10.1. The van der Waals surface area contributed by atoms with Crippen molar-refractivity contribution in [2.45, 2.75) is 109 Å². The Kier molecular flexibility index (Phi) is 21.4. The number of hydrogen-bond donors (Lipinski definition) is 3. The summed E-state index contributed by atoms with van der Waals surface area (Å²) in [7, 11) is -4.38. The molecule has 10 heteroatoms. The summed E-state index contributed by atoms with van der Waals surface area (Å²) in [4.78, 5) is 31.6. The van der Waals surface area contributed by atoms with Gasteiger partial charge in [-0.3, -0.25) is 18.6 Å². The van der Waals surface area contributed by atoms with Crippen molar-refractivity contribution < 1.29 is 37.9 Å². The number of rotatable bonds is 24. The number of nitrogens with two attached hydrogens (primary N) is 1. The van der Waals surface area contributed by atoms with E-state index in [4.69, 9.17) is 15.6 Å². The molecule has 1 unspecified atom stereocenters. The van der Waals surface area contributed by atoms with Crippen LogP contribution in [-0.4, -0.2) is 47.8 Å². The molecule has 0 heterocycles. The van der Waals surface area contributed by atoms with Crippen LogP contribution in [-0.2, 0) is 27.9 Å². The van der Waals surface area contributed by atoms with Crippen LogP contribution in [0.1, 0.15) is 103 Å². The molecule has 0 aliphatic rings. The van der Waals surface area contributed by atoms with Crippen LogP contribution < -0.4 is 5.73 Å². The van der Waals surface area contributed by atoms with E-state index in [0.717, 1.165) is 32.1 Å². The fourth-order valence-electron chi connectivity index (χ4n) is 3.12. The molecule has 34 heavy (non-hydrogen) atoms. The zero-order valence-electron chi connectivity index (χ0n) is 20.8. The summed E-state index contributed by atoms with van der Waals surface area (Å²) in [5.41, 5.74) is 5.18. The van der Waals surface area contributed by atoms with Crippen LogP contribution in [0.2, 0.25) is 0 Å². The topological polar surface area (TPSA) is 145 Å². The highest BCUT2D eigenvalue weighted by molar-refractivity contribution is 7.47. The molecule has 0 aromatic rings. The number of aliphatic carboxylic acids is 1. The highest BCUT2D eigenvalue weighted by Crippen LogP contribution is 2.43. The smallest absolute Gasteiger partial charge is 0.472 e. The molecule has 200 valence electrons. The number of carboxylic acids is 1. The second-order valence-corrected chi connectivity index (χ2v) is 9.90. The van der Waals surface area contributed by atoms with E-state index >= 15 is 0 Å². The second kappa shape index (κ2) is 22.2. The van der Waals surface area contributed by atoms with Gasteiger partial charge in [0.15, 0.2) is 0 Å². The predicted molar refractivity (Wildman–Crippen MR) is 132 cm³/mol. The second-order valence-electron chi connectivity index (χ2n) is 8.45. The third kappa shape index (κ3) is 22.5. The van der Waals surface area contributed by atoms with Crippen molar-refractivity contribution in [3.05, 3.63) is 12.2 Å². The molecule has 0 saturated carbocycles. The molecule has 0 aliphatic heterocycles. The largest absolute Gasteiger partial charge is 0.480 e. The van der Waals surface area contributed by atoms with E-state index in [1.165, 1.54) is 51.4 Å². The van der Waals surface area contributed by atoms with Gasteiger partial charge in [-0.2, -0.15) is 0 Å². The maximum atomic E-state index is 11.7. The van der Waals surface area contributed by atoms with Gasteiger partial charge in [-0.25, -0.2) is 4.57 Å². The summed E-state index contributed by atoms with van der Waals surface area (Å²) in [6.07, 6.45) is 20.7. The molecule has 4 N–H and O–H groups in total. The Balaban J connectivity index is 3.47. The summed E-state index contributed by atoms with van der Waals surface area (Å²) in [5.74, 6) is -1.65. The summed E-state index contributed by atoms with van der Waals surface area (Å²) < 4.78 is 25.8. The van der Waals surface area contributed by atoms with Crippen molar-refractivity contribution in [3.8, 4) is 0 Å². The number of phosphoric acid groups is 1. The molecule has 0 aliphatic carbocycles. The van der Waals surface area contributed by atoms with E-state index in [1.807, 2.05) is 0 Å². The van der Waals surface area contributed by atoms with E-state index in [2.05, 4.69) is 28.1 Å². The van der Waals surface area contributed by atoms with E-state index in [0.29, 0.717) is 6.42 Å².